The fourth-order valence-electron chi connectivity index (χ4n) is 7.84. The third kappa shape index (κ3) is 2.90. The Morgan fingerprint density at radius 1 is 0.561 bits per heavy atom. The normalized spacial score (nSPS) is 16.8. The molecule has 41 heavy (non-hydrogen) atoms. The number of para-hydroxylation sites is 2. The van der Waals surface area contributed by atoms with Crippen molar-refractivity contribution >= 4 is 22.8 Å². The van der Waals surface area contributed by atoms with E-state index in [0.29, 0.717) is 0 Å². The Morgan fingerprint density at radius 3 is 1.78 bits per heavy atom. The summed E-state index contributed by atoms with van der Waals surface area (Å²) in [7, 11) is 0. The van der Waals surface area contributed by atoms with E-state index in [4.69, 9.17) is 0 Å². The zero-order valence-electron chi connectivity index (χ0n) is 24.2. The summed E-state index contributed by atoms with van der Waals surface area (Å²) in [6, 6.07) is 39.3. The van der Waals surface area contributed by atoms with E-state index >= 15 is 0 Å². The molecule has 0 aromatic heterocycles. The van der Waals surface area contributed by atoms with Gasteiger partial charge in [0.1, 0.15) is 0 Å². The smallest absolute Gasteiger partial charge is 0.193 e. The first-order chi connectivity index (χ1) is 19.7. The van der Waals surface area contributed by atoms with Gasteiger partial charge >= 0.3 is 0 Å². The fraction of sp³-hybridized carbons (Fsp3) is 0.205. The Balaban J connectivity index is 1.62. The number of hydrogen-bond acceptors (Lipinski definition) is 2. The number of benzene rings is 5. The lowest BCUT2D eigenvalue weighted by molar-refractivity contribution is 0.103. The zero-order chi connectivity index (χ0) is 28.3. The van der Waals surface area contributed by atoms with Crippen LogP contribution in [0.1, 0.15) is 89.5 Å². The maximum absolute atomic E-state index is 14.0. The Labute approximate surface area is 242 Å². The second-order valence-electron chi connectivity index (χ2n) is 13.3. The summed E-state index contributed by atoms with van der Waals surface area (Å²) in [5, 5.41) is 0. The van der Waals surface area contributed by atoms with Crippen LogP contribution in [0.25, 0.3) is 0 Å². The van der Waals surface area contributed by atoms with Gasteiger partial charge in [-0.2, -0.15) is 0 Å². The standard InChI is InChI=1S/C39H33NO/c1-37(2,3)24-21-22-30-34(23-24)40-33-20-11-10-17-29(33)38(4,5)31-18-12-19-32(35(31)40)39(30)27-15-8-6-13-25(27)36(41)26-14-7-9-16-28(26)39/h6-23H,1-5H3. The van der Waals surface area contributed by atoms with Crippen LogP contribution in [-0.4, -0.2) is 5.78 Å². The first-order valence-corrected chi connectivity index (χ1v) is 14.6. The number of fused-ring (bicyclic) bond motifs is 10. The van der Waals surface area contributed by atoms with Crippen molar-refractivity contribution in [2.75, 3.05) is 4.90 Å². The van der Waals surface area contributed by atoms with Gasteiger partial charge < -0.3 is 4.90 Å². The highest BCUT2D eigenvalue weighted by Gasteiger charge is 2.54. The fourth-order valence-corrected chi connectivity index (χ4v) is 7.84. The first-order valence-electron chi connectivity index (χ1n) is 14.6. The molecule has 0 saturated carbocycles. The van der Waals surface area contributed by atoms with E-state index in [-0.39, 0.29) is 16.6 Å². The molecule has 0 fully saturated rings. The van der Waals surface area contributed by atoms with Crippen molar-refractivity contribution in [3.05, 3.63) is 159 Å². The topological polar surface area (TPSA) is 20.3 Å². The lowest BCUT2D eigenvalue weighted by Crippen LogP contribution is -2.45. The van der Waals surface area contributed by atoms with Gasteiger partial charge in [-0.3, -0.25) is 4.79 Å². The molecule has 8 rings (SSSR count). The van der Waals surface area contributed by atoms with Gasteiger partial charge in [0.05, 0.1) is 22.5 Å². The molecule has 200 valence electrons. The van der Waals surface area contributed by atoms with Crippen LogP contribution >= 0.6 is 0 Å². The van der Waals surface area contributed by atoms with Crippen molar-refractivity contribution in [2.24, 2.45) is 0 Å². The van der Waals surface area contributed by atoms with Crippen molar-refractivity contribution in [1.29, 1.82) is 0 Å². The third-order valence-electron chi connectivity index (χ3n) is 9.82. The SMILES string of the molecule is CC(C)(C)c1ccc2c(c1)N1c3ccccc3C(C)(C)c3cccc(c31)C21c2ccccc2C(=O)c2ccccc21. The van der Waals surface area contributed by atoms with E-state index in [2.05, 4.69) is 124 Å². The lowest BCUT2D eigenvalue weighted by Gasteiger charge is -2.53. The molecule has 2 nitrogen and oxygen atoms in total. The maximum Gasteiger partial charge on any atom is 0.193 e. The van der Waals surface area contributed by atoms with Crippen LogP contribution in [0.3, 0.4) is 0 Å². The van der Waals surface area contributed by atoms with Crippen LogP contribution in [0.15, 0.2) is 109 Å². The van der Waals surface area contributed by atoms with E-state index in [1.54, 1.807) is 0 Å². The molecule has 0 atom stereocenters. The monoisotopic (exact) mass is 531 g/mol. The van der Waals surface area contributed by atoms with Gasteiger partial charge in [0, 0.05) is 16.5 Å². The molecular formula is C39H33NO. The van der Waals surface area contributed by atoms with Crippen molar-refractivity contribution in [1.82, 2.24) is 0 Å². The van der Waals surface area contributed by atoms with E-state index in [0.717, 1.165) is 22.3 Å². The Morgan fingerprint density at radius 2 is 1.12 bits per heavy atom. The molecule has 2 aliphatic heterocycles. The molecule has 5 aromatic carbocycles. The molecule has 0 saturated heterocycles. The number of anilines is 3. The van der Waals surface area contributed by atoms with Gasteiger partial charge in [-0.1, -0.05) is 132 Å². The minimum absolute atomic E-state index is 0.0189. The van der Waals surface area contributed by atoms with Gasteiger partial charge in [-0.15, -0.1) is 0 Å². The first kappa shape index (κ1) is 24.4. The minimum atomic E-state index is -0.628. The molecule has 0 amide bonds. The Kier molecular flexibility index (Phi) is 4.67. The van der Waals surface area contributed by atoms with E-state index in [1.165, 1.54) is 44.9 Å². The van der Waals surface area contributed by atoms with Crippen LogP contribution in [0.2, 0.25) is 0 Å². The summed E-state index contributed by atoms with van der Waals surface area (Å²) in [5.41, 5.74) is 12.9. The van der Waals surface area contributed by atoms with Crippen LogP contribution < -0.4 is 4.90 Å². The van der Waals surface area contributed by atoms with Gasteiger partial charge in [0.15, 0.2) is 5.78 Å². The molecule has 3 aliphatic rings. The average Bonchev–Trinajstić information content (AvgIpc) is 2.98. The van der Waals surface area contributed by atoms with Gasteiger partial charge in [0.2, 0.25) is 0 Å². The number of carbonyl (C=O) groups is 1. The molecule has 1 spiro atoms. The summed E-state index contributed by atoms with van der Waals surface area (Å²) in [6.07, 6.45) is 0. The highest BCUT2D eigenvalue weighted by Crippen LogP contribution is 2.64. The molecule has 2 heterocycles. The second kappa shape index (κ2) is 7.85. The molecule has 0 unspecified atom stereocenters. The quantitative estimate of drug-likeness (QED) is 0.194. The Bertz CT molecular complexity index is 1890. The summed E-state index contributed by atoms with van der Waals surface area (Å²) in [4.78, 5) is 16.5. The van der Waals surface area contributed by atoms with E-state index < -0.39 is 5.41 Å². The summed E-state index contributed by atoms with van der Waals surface area (Å²) >= 11 is 0. The van der Waals surface area contributed by atoms with Crippen LogP contribution in [0.4, 0.5) is 17.1 Å². The molecular weight excluding hydrogens is 498 g/mol. The molecule has 0 N–H and O–H groups in total. The maximum atomic E-state index is 14.0. The Hall–Kier alpha value is -4.43. The van der Waals surface area contributed by atoms with Gasteiger partial charge in [-0.25, -0.2) is 0 Å². The van der Waals surface area contributed by atoms with Gasteiger partial charge in [0.25, 0.3) is 0 Å². The molecule has 2 heteroatoms. The zero-order valence-corrected chi connectivity index (χ0v) is 24.2. The summed E-state index contributed by atoms with van der Waals surface area (Å²) < 4.78 is 0. The number of nitrogens with zero attached hydrogens (tertiary/aromatic N) is 1. The number of ketones is 1. The summed E-state index contributed by atoms with van der Waals surface area (Å²) in [6.45, 7) is 11.5. The summed E-state index contributed by atoms with van der Waals surface area (Å²) in [5.74, 6) is 0.104. The van der Waals surface area contributed by atoms with E-state index in [1.807, 2.05) is 24.3 Å². The van der Waals surface area contributed by atoms with Crippen LogP contribution in [-0.2, 0) is 16.2 Å². The highest BCUT2D eigenvalue weighted by atomic mass is 16.1. The van der Waals surface area contributed by atoms with Gasteiger partial charge in [-0.05, 0) is 56.5 Å². The number of hydrogen-bond donors (Lipinski definition) is 0. The van der Waals surface area contributed by atoms with Crippen molar-refractivity contribution in [3.63, 3.8) is 0 Å². The third-order valence-corrected chi connectivity index (χ3v) is 9.82. The largest absolute Gasteiger partial charge is 0.309 e. The molecule has 1 aliphatic carbocycles. The number of rotatable bonds is 0. The van der Waals surface area contributed by atoms with Crippen molar-refractivity contribution in [2.45, 2.75) is 50.9 Å². The van der Waals surface area contributed by atoms with Crippen molar-refractivity contribution in [3.8, 4) is 0 Å². The highest BCUT2D eigenvalue weighted by molar-refractivity contribution is 6.15. The van der Waals surface area contributed by atoms with E-state index in [9.17, 15) is 4.79 Å². The van der Waals surface area contributed by atoms with Crippen LogP contribution in [0, 0.1) is 0 Å². The average molecular weight is 532 g/mol. The van der Waals surface area contributed by atoms with Crippen molar-refractivity contribution < 1.29 is 4.79 Å². The minimum Gasteiger partial charge on any atom is -0.309 e. The molecule has 5 aromatic rings. The van der Waals surface area contributed by atoms with Crippen LogP contribution in [0.5, 0.6) is 0 Å². The molecule has 0 radical (unpaired) electrons. The second-order valence-corrected chi connectivity index (χ2v) is 13.3. The predicted molar refractivity (Wildman–Crippen MR) is 167 cm³/mol. The number of carbonyl (C=O) groups excluding carboxylic acids is 1. The molecule has 0 bridgehead atoms. The predicted octanol–water partition coefficient (Wildman–Crippen LogP) is 9.33. The lowest BCUT2D eigenvalue weighted by atomic mass is 9.56.